The van der Waals surface area contributed by atoms with Gasteiger partial charge in [-0.2, -0.15) is 0 Å². The Kier molecular flexibility index (Phi) is 7.00. The first-order valence-electron chi connectivity index (χ1n) is 6.04. The lowest BCUT2D eigenvalue weighted by molar-refractivity contribution is -0.142. The molecule has 0 spiro atoms. The van der Waals surface area contributed by atoms with Crippen molar-refractivity contribution in [2.45, 2.75) is 40.2 Å². The van der Waals surface area contributed by atoms with Crippen molar-refractivity contribution in [3.8, 4) is 0 Å². The Morgan fingerprint density at radius 1 is 1.11 bits per heavy atom. The fourth-order valence-electron chi connectivity index (χ4n) is 1.31. The van der Waals surface area contributed by atoms with Crippen molar-refractivity contribution in [2.24, 2.45) is 11.8 Å². The Morgan fingerprint density at radius 3 is 2.06 bits per heavy atom. The van der Waals surface area contributed by atoms with Gasteiger partial charge in [-0.1, -0.05) is 27.7 Å². The summed E-state index contributed by atoms with van der Waals surface area (Å²) in [5.74, 6) is -1.83. The van der Waals surface area contributed by atoms with Gasteiger partial charge in [-0.25, -0.2) is 4.79 Å². The molecule has 0 bridgehead atoms. The summed E-state index contributed by atoms with van der Waals surface area (Å²) in [7, 11) is 0. The van der Waals surface area contributed by atoms with Crippen LogP contribution in [0.15, 0.2) is 0 Å². The molecule has 0 radical (unpaired) electrons. The molecule has 2 amide bonds. The number of hydrogen-bond acceptors (Lipinski definition) is 3. The second kappa shape index (κ2) is 7.68. The highest BCUT2D eigenvalue weighted by molar-refractivity contribution is 5.88. The number of carbonyl (C=O) groups excluding carboxylic acids is 2. The second-order valence-electron chi connectivity index (χ2n) is 4.96. The minimum Gasteiger partial charge on any atom is -0.480 e. The maximum absolute atomic E-state index is 11.5. The third-order valence-electron chi connectivity index (χ3n) is 2.29. The molecule has 18 heavy (non-hydrogen) atoms. The van der Waals surface area contributed by atoms with E-state index in [1.54, 1.807) is 13.8 Å². The predicted molar refractivity (Wildman–Crippen MR) is 66.9 cm³/mol. The van der Waals surface area contributed by atoms with Gasteiger partial charge in [0.2, 0.25) is 11.8 Å². The zero-order valence-corrected chi connectivity index (χ0v) is 11.3. The molecule has 1 atom stereocenters. The van der Waals surface area contributed by atoms with Crippen molar-refractivity contribution in [2.75, 3.05) is 6.54 Å². The Bertz CT molecular complexity index is 313. The van der Waals surface area contributed by atoms with E-state index in [9.17, 15) is 14.4 Å². The summed E-state index contributed by atoms with van der Waals surface area (Å²) < 4.78 is 0. The van der Waals surface area contributed by atoms with Crippen LogP contribution in [0.4, 0.5) is 0 Å². The van der Waals surface area contributed by atoms with Gasteiger partial charge >= 0.3 is 5.97 Å². The average Bonchev–Trinajstić information content (AvgIpc) is 2.23. The van der Waals surface area contributed by atoms with Crippen LogP contribution in [-0.4, -0.2) is 35.5 Å². The van der Waals surface area contributed by atoms with Crippen molar-refractivity contribution < 1.29 is 19.5 Å². The van der Waals surface area contributed by atoms with E-state index in [4.69, 9.17) is 5.11 Å². The maximum Gasteiger partial charge on any atom is 0.326 e. The molecule has 0 fully saturated rings. The largest absolute Gasteiger partial charge is 0.480 e. The lowest BCUT2D eigenvalue weighted by Gasteiger charge is -2.16. The first-order chi connectivity index (χ1) is 8.23. The molecule has 3 N–H and O–H groups in total. The molecule has 0 aromatic carbocycles. The van der Waals surface area contributed by atoms with Gasteiger partial charge in [0, 0.05) is 5.92 Å². The molecule has 0 heterocycles. The zero-order chi connectivity index (χ0) is 14.3. The summed E-state index contributed by atoms with van der Waals surface area (Å²) in [6.45, 7) is 6.99. The molecule has 0 saturated carbocycles. The molecule has 6 nitrogen and oxygen atoms in total. The molecule has 6 heteroatoms. The Balaban J connectivity index is 4.18. The number of aliphatic carboxylic acids is 1. The molecule has 0 saturated heterocycles. The Hall–Kier alpha value is -1.59. The molecule has 0 aliphatic heterocycles. The third kappa shape index (κ3) is 6.88. The van der Waals surface area contributed by atoms with Crippen LogP contribution < -0.4 is 10.6 Å². The van der Waals surface area contributed by atoms with E-state index in [0.29, 0.717) is 6.42 Å². The molecule has 0 rings (SSSR count). The van der Waals surface area contributed by atoms with Crippen LogP contribution in [-0.2, 0) is 14.4 Å². The highest BCUT2D eigenvalue weighted by Crippen LogP contribution is 2.04. The number of rotatable bonds is 7. The van der Waals surface area contributed by atoms with Crippen molar-refractivity contribution in [3.63, 3.8) is 0 Å². The second-order valence-corrected chi connectivity index (χ2v) is 4.96. The van der Waals surface area contributed by atoms with E-state index in [2.05, 4.69) is 10.6 Å². The van der Waals surface area contributed by atoms with Crippen LogP contribution in [0.3, 0.4) is 0 Å². The lowest BCUT2D eigenvalue weighted by atomic mass is 10.0. The van der Waals surface area contributed by atoms with Crippen LogP contribution in [0.2, 0.25) is 0 Å². The average molecular weight is 258 g/mol. The van der Waals surface area contributed by atoms with Gasteiger partial charge in [0.25, 0.3) is 0 Å². The molecular formula is C12H22N2O4. The van der Waals surface area contributed by atoms with E-state index >= 15 is 0 Å². The van der Waals surface area contributed by atoms with Crippen LogP contribution in [0, 0.1) is 11.8 Å². The fraction of sp³-hybridized carbons (Fsp3) is 0.750. The molecular weight excluding hydrogens is 236 g/mol. The maximum atomic E-state index is 11.5. The number of carboxylic acids is 1. The van der Waals surface area contributed by atoms with Gasteiger partial charge in [-0.15, -0.1) is 0 Å². The van der Waals surface area contributed by atoms with E-state index in [1.807, 2.05) is 13.8 Å². The van der Waals surface area contributed by atoms with Crippen molar-refractivity contribution in [1.82, 2.24) is 10.6 Å². The number of carboxylic acid groups (broad SMARTS) is 1. The molecule has 0 aliphatic rings. The van der Waals surface area contributed by atoms with E-state index < -0.39 is 17.9 Å². The summed E-state index contributed by atoms with van der Waals surface area (Å²) >= 11 is 0. The topological polar surface area (TPSA) is 95.5 Å². The summed E-state index contributed by atoms with van der Waals surface area (Å²) in [5, 5.41) is 13.8. The monoisotopic (exact) mass is 258 g/mol. The van der Waals surface area contributed by atoms with Crippen LogP contribution in [0.25, 0.3) is 0 Å². The normalized spacial score (nSPS) is 12.3. The van der Waals surface area contributed by atoms with E-state index in [-0.39, 0.29) is 24.3 Å². The molecule has 104 valence electrons. The molecule has 0 aromatic rings. The van der Waals surface area contributed by atoms with E-state index in [0.717, 1.165) is 0 Å². The number of amides is 2. The quantitative estimate of drug-likeness (QED) is 0.615. The van der Waals surface area contributed by atoms with Gasteiger partial charge in [0.05, 0.1) is 6.54 Å². The smallest absolute Gasteiger partial charge is 0.326 e. The zero-order valence-electron chi connectivity index (χ0n) is 11.3. The Morgan fingerprint density at radius 2 is 1.67 bits per heavy atom. The van der Waals surface area contributed by atoms with Gasteiger partial charge in [0.1, 0.15) is 6.04 Å². The van der Waals surface area contributed by atoms with Crippen LogP contribution in [0.1, 0.15) is 34.1 Å². The van der Waals surface area contributed by atoms with Crippen molar-refractivity contribution in [3.05, 3.63) is 0 Å². The standard InChI is InChI=1S/C12H22N2O4/c1-7(2)5-9(12(17)18)14-10(15)6-13-11(16)8(3)4/h7-9H,5-6H2,1-4H3,(H,13,16)(H,14,15)(H,17,18)/t9-/m0/s1. The highest BCUT2D eigenvalue weighted by Gasteiger charge is 2.21. The number of nitrogens with one attached hydrogen (secondary N) is 2. The van der Waals surface area contributed by atoms with Crippen LogP contribution >= 0.6 is 0 Å². The SMILES string of the molecule is CC(C)C[C@H](NC(=O)CNC(=O)C(C)C)C(=O)O. The summed E-state index contributed by atoms with van der Waals surface area (Å²) in [5.41, 5.74) is 0. The first kappa shape index (κ1) is 16.4. The van der Waals surface area contributed by atoms with Gasteiger partial charge < -0.3 is 15.7 Å². The molecule has 0 unspecified atom stereocenters. The summed E-state index contributed by atoms with van der Waals surface area (Å²) in [6, 6.07) is -0.909. The number of hydrogen-bond donors (Lipinski definition) is 3. The predicted octanol–water partition coefficient (Wildman–Crippen LogP) is 0.374. The summed E-state index contributed by atoms with van der Waals surface area (Å²) in [6.07, 6.45) is 0.360. The van der Waals surface area contributed by atoms with Gasteiger partial charge in [-0.05, 0) is 12.3 Å². The van der Waals surface area contributed by atoms with E-state index in [1.165, 1.54) is 0 Å². The minimum atomic E-state index is -1.06. The lowest BCUT2D eigenvalue weighted by Crippen LogP contribution is -2.46. The molecule has 0 aromatic heterocycles. The third-order valence-corrected chi connectivity index (χ3v) is 2.29. The summed E-state index contributed by atoms with van der Waals surface area (Å²) in [4.78, 5) is 33.6. The minimum absolute atomic E-state index is 0.164. The Labute approximate surface area is 107 Å². The van der Waals surface area contributed by atoms with Crippen molar-refractivity contribution in [1.29, 1.82) is 0 Å². The van der Waals surface area contributed by atoms with Gasteiger partial charge in [-0.3, -0.25) is 9.59 Å². The first-order valence-corrected chi connectivity index (χ1v) is 6.04. The molecule has 0 aliphatic carbocycles. The highest BCUT2D eigenvalue weighted by atomic mass is 16.4. The van der Waals surface area contributed by atoms with Gasteiger partial charge in [0.15, 0.2) is 0 Å². The van der Waals surface area contributed by atoms with Crippen molar-refractivity contribution >= 4 is 17.8 Å². The fourth-order valence-corrected chi connectivity index (χ4v) is 1.31. The number of carbonyl (C=O) groups is 3. The van der Waals surface area contributed by atoms with Crippen LogP contribution in [0.5, 0.6) is 0 Å².